The number of ether oxygens (including phenoxy) is 1. The molecule has 0 aliphatic rings. The van der Waals surface area contributed by atoms with Crippen molar-refractivity contribution in [3.05, 3.63) is 10.4 Å². The Labute approximate surface area is 126 Å². The average Bonchev–Trinajstić information content (AvgIpc) is 2.65. The molecule has 0 unspecified atom stereocenters. The molecule has 1 aromatic heterocycles. The fourth-order valence-corrected chi connectivity index (χ4v) is 3.03. The summed E-state index contributed by atoms with van der Waals surface area (Å²) in [5, 5.41) is 3.02. The molecule has 0 saturated heterocycles. The van der Waals surface area contributed by atoms with Crippen molar-refractivity contribution >= 4 is 43.7 Å². The third kappa shape index (κ3) is 4.60. The van der Waals surface area contributed by atoms with E-state index in [1.165, 1.54) is 0 Å². The second-order valence-corrected chi connectivity index (χ2v) is 7.47. The predicted octanol–water partition coefficient (Wildman–Crippen LogP) is 0.0624. The van der Waals surface area contributed by atoms with Gasteiger partial charge in [-0.3, -0.25) is 4.79 Å². The predicted molar refractivity (Wildman–Crippen MR) is 81.4 cm³/mol. The number of carbonyl (C=O) groups is 2. The van der Waals surface area contributed by atoms with E-state index in [1.807, 2.05) is 0 Å². The largest absolute Gasteiger partial charge is 0.462 e. The van der Waals surface area contributed by atoms with Crippen LogP contribution >= 0.6 is 11.3 Å². The van der Waals surface area contributed by atoms with E-state index in [4.69, 9.17) is 16.2 Å². The molecule has 5 N–H and O–H groups in total. The fraction of sp³-hybridized carbons (Fsp3) is 0.455. The number of esters is 1. The van der Waals surface area contributed by atoms with E-state index >= 15 is 0 Å². The number of nitrogens with two attached hydrogens (primary N) is 2. The number of primary amides is 1. The zero-order chi connectivity index (χ0) is 16.2. The first-order chi connectivity index (χ1) is 9.67. The number of rotatable bonds is 7. The van der Waals surface area contributed by atoms with E-state index in [1.54, 1.807) is 6.92 Å². The Balaban J connectivity index is 3.05. The Morgan fingerprint density at radius 1 is 1.38 bits per heavy atom. The van der Waals surface area contributed by atoms with Crippen LogP contribution in [0.1, 0.15) is 27.0 Å². The normalized spacial score (nSPS) is 11.1. The van der Waals surface area contributed by atoms with Crippen molar-refractivity contribution in [1.82, 2.24) is 0 Å². The van der Waals surface area contributed by atoms with Crippen LogP contribution in [-0.4, -0.2) is 45.5 Å². The summed E-state index contributed by atoms with van der Waals surface area (Å²) in [6.07, 6.45) is 1.09. The van der Waals surface area contributed by atoms with Crippen LogP contribution in [0.15, 0.2) is 0 Å². The van der Waals surface area contributed by atoms with Gasteiger partial charge in [-0.2, -0.15) is 0 Å². The molecule has 0 aromatic carbocycles. The summed E-state index contributed by atoms with van der Waals surface area (Å²) >= 11 is 0.907. The van der Waals surface area contributed by atoms with Gasteiger partial charge in [0.15, 0.2) is 0 Å². The van der Waals surface area contributed by atoms with E-state index in [0.717, 1.165) is 17.6 Å². The van der Waals surface area contributed by atoms with E-state index in [-0.39, 0.29) is 40.0 Å². The minimum atomic E-state index is -3.15. The smallest absolute Gasteiger partial charge is 0.350 e. The molecule has 1 rings (SSSR count). The first-order valence-corrected chi connectivity index (χ1v) is 8.85. The molecule has 0 aliphatic carbocycles. The van der Waals surface area contributed by atoms with E-state index in [2.05, 4.69) is 5.32 Å². The minimum absolute atomic E-state index is 0.0310. The highest BCUT2D eigenvalue weighted by Gasteiger charge is 2.25. The van der Waals surface area contributed by atoms with Gasteiger partial charge >= 0.3 is 5.97 Å². The molecule has 10 heteroatoms. The summed E-state index contributed by atoms with van der Waals surface area (Å²) < 4.78 is 27.0. The molecule has 0 saturated carbocycles. The minimum Gasteiger partial charge on any atom is -0.462 e. The lowest BCUT2D eigenvalue weighted by molar-refractivity contribution is 0.0533. The van der Waals surface area contributed by atoms with Gasteiger partial charge in [0.05, 0.1) is 23.6 Å². The number of carbonyl (C=O) groups excluding carboxylic acids is 2. The Hall–Kier alpha value is -1.81. The van der Waals surface area contributed by atoms with Gasteiger partial charge < -0.3 is 21.5 Å². The third-order valence-corrected chi connectivity index (χ3v) is 4.50. The van der Waals surface area contributed by atoms with Crippen LogP contribution in [-0.2, 0) is 14.6 Å². The Kier molecular flexibility index (Phi) is 5.55. The summed E-state index contributed by atoms with van der Waals surface area (Å²) in [6, 6.07) is 0. The lowest BCUT2D eigenvalue weighted by Gasteiger charge is -2.04. The van der Waals surface area contributed by atoms with Crippen molar-refractivity contribution in [2.24, 2.45) is 5.73 Å². The maximum atomic E-state index is 11.7. The highest BCUT2D eigenvalue weighted by Crippen LogP contribution is 2.35. The van der Waals surface area contributed by atoms with Crippen LogP contribution in [0.4, 0.5) is 10.7 Å². The van der Waals surface area contributed by atoms with E-state index in [9.17, 15) is 18.0 Å². The van der Waals surface area contributed by atoms with Crippen LogP contribution in [0.3, 0.4) is 0 Å². The molecule has 8 nitrogen and oxygen atoms in total. The molecular formula is C11H17N3O5S2. The van der Waals surface area contributed by atoms with Gasteiger partial charge in [0.1, 0.15) is 19.7 Å². The van der Waals surface area contributed by atoms with Crippen LogP contribution in [0.5, 0.6) is 0 Å². The van der Waals surface area contributed by atoms with Gasteiger partial charge in [0.25, 0.3) is 5.91 Å². The standard InChI is InChI=1S/C11H17N3O5S2/c1-3-19-11(16)8-7(12)6(9(13)15)10(20-8)14-4-5-21(2,17)18/h14H,3-5,12H2,1-2H3,(H2,13,15). The van der Waals surface area contributed by atoms with Gasteiger partial charge in [-0.25, -0.2) is 13.2 Å². The van der Waals surface area contributed by atoms with Crippen LogP contribution < -0.4 is 16.8 Å². The number of anilines is 2. The number of sulfone groups is 1. The van der Waals surface area contributed by atoms with Gasteiger partial charge in [-0.15, -0.1) is 11.3 Å². The van der Waals surface area contributed by atoms with Crippen molar-refractivity contribution < 1.29 is 22.7 Å². The molecule has 21 heavy (non-hydrogen) atoms. The number of hydrogen-bond acceptors (Lipinski definition) is 8. The second-order valence-electron chi connectivity index (χ2n) is 4.19. The highest BCUT2D eigenvalue weighted by atomic mass is 32.2. The van der Waals surface area contributed by atoms with Gasteiger partial charge in [-0.1, -0.05) is 0 Å². The molecule has 0 radical (unpaired) electrons. The van der Waals surface area contributed by atoms with Crippen LogP contribution in [0, 0.1) is 0 Å². The molecular weight excluding hydrogens is 318 g/mol. The summed E-state index contributed by atoms with van der Waals surface area (Å²) in [7, 11) is -3.15. The van der Waals surface area contributed by atoms with Crippen molar-refractivity contribution in [3.8, 4) is 0 Å². The summed E-state index contributed by atoms with van der Waals surface area (Å²) in [5.41, 5.74) is 10.9. The molecule has 0 bridgehead atoms. The lowest BCUT2D eigenvalue weighted by Crippen LogP contribution is -2.18. The first-order valence-electron chi connectivity index (χ1n) is 5.98. The number of nitrogens with one attached hydrogen (secondary N) is 1. The molecule has 1 amide bonds. The number of thiophene rings is 1. The number of amides is 1. The maximum absolute atomic E-state index is 11.7. The highest BCUT2D eigenvalue weighted by molar-refractivity contribution is 7.90. The average molecular weight is 335 g/mol. The molecule has 0 spiro atoms. The number of hydrogen-bond donors (Lipinski definition) is 3. The first kappa shape index (κ1) is 17.2. The van der Waals surface area contributed by atoms with E-state index < -0.39 is 21.7 Å². The van der Waals surface area contributed by atoms with E-state index in [0.29, 0.717) is 0 Å². The Morgan fingerprint density at radius 3 is 2.48 bits per heavy atom. The monoisotopic (exact) mass is 335 g/mol. The zero-order valence-corrected chi connectivity index (χ0v) is 13.3. The SMILES string of the molecule is CCOC(=O)c1sc(NCCS(C)(=O)=O)c(C(N)=O)c1N. The molecule has 1 aromatic rings. The molecule has 118 valence electrons. The Bertz CT molecular complexity index is 651. The van der Waals surface area contributed by atoms with Crippen molar-refractivity contribution in [1.29, 1.82) is 0 Å². The van der Waals surface area contributed by atoms with Crippen molar-refractivity contribution in [3.63, 3.8) is 0 Å². The molecule has 0 atom stereocenters. The van der Waals surface area contributed by atoms with Crippen molar-refractivity contribution in [2.45, 2.75) is 6.92 Å². The maximum Gasteiger partial charge on any atom is 0.350 e. The third-order valence-electron chi connectivity index (χ3n) is 2.41. The second kappa shape index (κ2) is 6.76. The molecule has 1 heterocycles. The lowest BCUT2D eigenvalue weighted by atomic mass is 10.2. The summed E-state index contributed by atoms with van der Waals surface area (Å²) in [5.74, 6) is -1.59. The molecule has 0 aliphatic heterocycles. The van der Waals surface area contributed by atoms with Gasteiger partial charge in [0, 0.05) is 12.8 Å². The van der Waals surface area contributed by atoms with Gasteiger partial charge in [-0.05, 0) is 6.92 Å². The Morgan fingerprint density at radius 2 is 2.00 bits per heavy atom. The summed E-state index contributed by atoms with van der Waals surface area (Å²) in [4.78, 5) is 23.2. The quantitative estimate of drug-likeness (QED) is 0.598. The fourth-order valence-electron chi connectivity index (χ4n) is 1.51. The number of nitrogen functional groups attached to an aromatic ring is 1. The van der Waals surface area contributed by atoms with Crippen molar-refractivity contribution in [2.75, 3.05) is 36.2 Å². The van der Waals surface area contributed by atoms with Gasteiger partial charge in [0.2, 0.25) is 0 Å². The molecule has 0 fully saturated rings. The summed E-state index contributed by atoms with van der Waals surface area (Å²) in [6.45, 7) is 1.88. The van der Waals surface area contributed by atoms with Crippen LogP contribution in [0.25, 0.3) is 0 Å². The van der Waals surface area contributed by atoms with Crippen LogP contribution in [0.2, 0.25) is 0 Å². The zero-order valence-electron chi connectivity index (χ0n) is 11.6. The topological polar surface area (TPSA) is 142 Å².